The molecule has 0 amide bonds. The van der Waals surface area contributed by atoms with Crippen LogP contribution in [0.25, 0.3) is 0 Å². The quantitative estimate of drug-likeness (QED) is 0.574. The minimum atomic E-state index is -0.988. The van der Waals surface area contributed by atoms with Gasteiger partial charge in [-0.25, -0.2) is 0 Å². The Balaban J connectivity index is 2.96. The van der Waals surface area contributed by atoms with E-state index in [1.165, 1.54) is 0 Å². The third-order valence-corrected chi connectivity index (χ3v) is 11.5. The summed E-state index contributed by atoms with van der Waals surface area (Å²) >= 11 is 5.80. The molecule has 1 aliphatic rings. The van der Waals surface area contributed by atoms with E-state index in [1.807, 2.05) is 0 Å². The summed E-state index contributed by atoms with van der Waals surface area (Å²) in [6.07, 6.45) is 0. The number of rotatable bonds is 1. The minimum Gasteiger partial charge on any atom is -0.520 e. The van der Waals surface area contributed by atoms with Gasteiger partial charge in [0.15, 0.2) is 8.37 Å². The van der Waals surface area contributed by atoms with Gasteiger partial charge in [0.25, 0.3) is 0 Å². The van der Waals surface area contributed by atoms with Crippen LogP contribution < -0.4 is 5.09 Å². The van der Waals surface area contributed by atoms with E-state index in [2.05, 4.69) is 76.3 Å². The first kappa shape index (κ1) is 17.1. The van der Waals surface area contributed by atoms with Crippen LogP contribution in [0.3, 0.4) is 0 Å². The maximum absolute atomic E-state index is 5.80. The monoisotopic (exact) mass is 309 g/mol. The van der Waals surface area contributed by atoms with Crippen LogP contribution in [0.2, 0.25) is 0 Å². The van der Waals surface area contributed by atoms with Crippen molar-refractivity contribution in [3.05, 3.63) is 0 Å². The second-order valence-corrected chi connectivity index (χ2v) is 12.8. The molecule has 1 N–H and O–H groups in total. The summed E-state index contributed by atoms with van der Waals surface area (Å²) in [4.78, 5) is 0. The Hall–Kier alpha value is 1.09. The number of nitrogens with one attached hydrogen (secondary N) is 1. The third kappa shape index (κ3) is 3.81. The zero-order chi connectivity index (χ0) is 14.5. The maximum Gasteiger partial charge on any atom is 0.188 e. The molecular formula is C12H29N3P2S. The van der Waals surface area contributed by atoms with Gasteiger partial charge in [-0.3, -0.25) is 5.09 Å². The van der Waals surface area contributed by atoms with Crippen molar-refractivity contribution in [2.24, 2.45) is 0 Å². The van der Waals surface area contributed by atoms with Crippen LogP contribution in [0.4, 0.5) is 0 Å². The van der Waals surface area contributed by atoms with Gasteiger partial charge in [0.05, 0.1) is 11.1 Å². The second-order valence-electron chi connectivity index (χ2n) is 7.90. The molecule has 1 rings (SSSR count). The van der Waals surface area contributed by atoms with Gasteiger partial charge in [0, 0.05) is 13.0 Å². The van der Waals surface area contributed by atoms with Gasteiger partial charge in [-0.15, -0.1) is 8.88 Å². The van der Waals surface area contributed by atoms with Crippen LogP contribution in [-0.2, 0) is 12.2 Å². The molecule has 0 aromatic rings. The molecule has 18 heavy (non-hydrogen) atoms. The van der Waals surface area contributed by atoms with E-state index >= 15 is 0 Å². The van der Waals surface area contributed by atoms with Crippen LogP contribution in [0.1, 0.15) is 62.3 Å². The van der Waals surface area contributed by atoms with Crippen LogP contribution in [0.15, 0.2) is 0 Å². The Morgan fingerprint density at radius 3 is 1.39 bits per heavy atom. The molecule has 0 spiro atoms. The average Bonchev–Trinajstić information content (AvgIpc) is 1.92. The largest absolute Gasteiger partial charge is 0.520 e. The second kappa shape index (κ2) is 5.13. The first-order valence-corrected chi connectivity index (χ1v) is 10.2. The van der Waals surface area contributed by atoms with Crippen molar-refractivity contribution < 1.29 is 0 Å². The van der Waals surface area contributed by atoms with Crippen molar-refractivity contribution in [2.45, 2.75) is 78.9 Å². The molecule has 0 unspecified atom stereocenters. The van der Waals surface area contributed by atoms with Gasteiger partial charge >= 0.3 is 0 Å². The van der Waals surface area contributed by atoms with E-state index in [0.29, 0.717) is 0 Å². The van der Waals surface area contributed by atoms with Crippen LogP contribution in [-0.4, -0.2) is 25.5 Å². The molecule has 1 heterocycles. The topological polar surface area (TPSA) is 18.5 Å². The normalized spacial score (nSPS) is 28.3. The van der Waals surface area contributed by atoms with E-state index in [4.69, 9.17) is 12.2 Å². The Morgan fingerprint density at radius 1 is 0.833 bits per heavy atom. The fraction of sp³-hybridized carbons (Fsp3) is 1.00. The van der Waals surface area contributed by atoms with Crippen molar-refractivity contribution >= 4 is 28.0 Å². The molecule has 108 valence electrons. The lowest BCUT2D eigenvalue weighted by atomic mass is 10.1. The highest BCUT2D eigenvalue weighted by Crippen LogP contribution is 2.78. The Morgan fingerprint density at radius 2 is 1.17 bits per heavy atom. The summed E-state index contributed by atoms with van der Waals surface area (Å²) in [5.74, 6) is 0. The Kier molecular flexibility index (Phi) is 4.89. The van der Waals surface area contributed by atoms with Crippen molar-refractivity contribution in [2.75, 3.05) is 0 Å². The van der Waals surface area contributed by atoms with E-state index in [9.17, 15) is 0 Å². The highest BCUT2D eigenvalue weighted by molar-refractivity contribution is 8.36. The SMILES string of the molecule is CC(C)(C)NP1N(C(C)(C)C)[PH+]([S-])N1C(C)(C)C. The van der Waals surface area contributed by atoms with E-state index in [-0.39, 0.29) is 16.6 Å². The van der Waals surface area contributed by atoms with Crippen molar-refractivity contribution in [1.82, 2.24) is 14.0 Å². The zero-order valence-corrected chi connectivity index (χ0v) is 16.0. The summed E-state index contributed by atoms with van der Waals surface area (Å²) in [6, 6.07) is 0. The molecule has 6 heteroatoms. The maximum atomic E-state index is 5.80. The molecule has 1 fully saturated rings. The van der Waals surface area contributed by atoms with Crippen LogP contribution in [0.5, 0.6) is 0 Å². The zero-order valence-electron chi connectivity index (χ0n) is 13.2. The van der Waals surface area contributed by atoms with Gasteiger partial charge < -0.3 is 12.2 Å². The Labute approximate surface area is 121 Å². The fourth-order valence-corrected chi connectivity index (χ4v) is 10.4. The highest BCUT2D eigenvalue weighted by Gasteiger charge is 2.57. The van der Waals surface area contributed by atoms with E-state index in [0.717, 1.165) is 0 Å². The van der Waals surface area contributed by atoms with Gasteiger partial charge in [0.1, 0.15) is 0 Å². The summed E-state index contributed by atoms with van der Waals surface area (Å²) in [5.41, 5.74) is 0.431. The predicted octanol–water partition coefficient (Wildman–Crippen LogP) is 4.32. The Bertz CT molecular complexity index is 282. The lowest BCUT2D eigenvalue weighted by Crippen LogP contribution is -2.57. The van der Waals surface area contributed by atoms with E-state index < -0.39 is 15.8 Å². The number of nitrogens with zero attached hydrogens (tertiary/aromatic N) is 2. The smallest absolute Gasteiger partial charge is 0.188 e. The van der Waals surface area contributed by atoms with Crippen LogP contribution >= 0.6 is 15.8 Å². The molecule has 3 nitrogen and oxygen atoms in total. The molecule has 1 saturated heterocycles. The van der Waals surface area contributed by atoms with Crippen LogP contribution in [0, 0.1) is 0 Å². The molecule has 0 aromatic heterocycles. The molecule has 0 aliphatic carbocycles. The molecular weight excluding hydrogens is 280 g/mol. The molecule has 0 aromatic carbocycles. The molecule has 0 radical (unpaired) electrons. The van der Waals surface area contributed by atoms with Gasteiger partial charge in [-0.1, -0.05) is 0 Å². The summed E-state index contributed by atoms with van der Waals surface area (Å²) in [6.45, 7) is 20.3. The first-order valence-electron chi connectivity index (χ1n) is 6.47. The predicted molar refractivity (Wildman–Crippen MR) is 88.7 cm³/mol. The molecule has 1 aliphatic heterocycles. The fourth-order valence-electron chi connectivity index (χ4n) is 1.85. The number of hydrogen-bond acceptors (Lipinski definition) is 4. The summed E-state index contributed by atoms with van der Waals surface area (Å²) < 4.78 is 5.08. The first-order chi connectivity index (χ1) is 7.75. The molecule has 0 bridgehead atoms. The minimum absolute atomic E-state index is 0.122. The third-order valence-electron chi connectivity index (χ3n) is 2.45. The van der Waals surface area contributed by atoms with Crippen molar-refractivity contribution in [3.63, 3.8) is 0 Å². The standard InChI is InChI=1S/C12H29N3P2S/c1-10(2,3)13-16-14(11(4,5)6)17(18)15(16)12(7,8)9/h13,17H,1-9H3. The average molecular weight is 309 g/mol. The lowest BCUT2D eigenvalue weighted by molar-refractivity contribution is 0.278. The highest BCUT2D eigenvalue weighted by atomic mass is 32.7. The molecule has 0 saturated carbocycles. The summed E-state index contributed by atoms with van der Waals surface area (Å²) in [7, 11) is -1.46. The lowest BCUT2D eigenvalue weighted by Gasteiger charge is -2.62. The van der Waals surface area contributed by atoms with Gasteiger partial charge in [-0.2, -0.15) is 0 Å². The molecule has 0 atom stereocenters. The van der Waals surface area contributed by atoms with Crippen molar-refractivity contribution in [1.29, 1.82) is 0 Å². The van der Waals surface area contributed by atoms with Crippen molar-refractivity contribution in [3.8, 4) is 0 Å². The number of hydrogen-bond donors (Lipinski definition) is 1. The van der Waals surface area contributed by atoms with E-state index in [1.54, 1.807) is 0 Å². The van der Waals surface area contributed by atoms with Gasteiger partial charge in [0.2, 0.25) is 0 Å². The van der Waals surface area contributed by atoms with Gasteiger partial charge in [-0.05, 0) is 62.3 Å². The summed E-state index contributed by atoms with van der Waals surface area (Å²) in [5, 5.41) is 3.77.